The number of carbonyl (C=O) groups is 2. The number of furan rings is 1. The second kappa shape index (κ2) is 11.9. The average molecular weight is 562 g/mol. The lowest BCUT2D eigenvalue weighted by Crippen LogP contribution is -2.57. The summed E-state index contributed by atoms with van der Waals surface area (Å²) in [5, 5.41) is 12.9. The molecule has 0 bridgehead atoms. The van der Waals surface area contributed by atoms with E-state index in [0.717, 1.165) is 22.2 Å². The van der Waals surface area contributed by atoms with Crippen molar-refractivity contribution in [1.82, 2.24) is 10.2 Å². The van der Waals surface area contributed by atoms with E-state index in [9.17, 15) is 9.59 Å². The van der Waals surface area contributed by atoms with Gasteiger partial charge >= 0.3 is 0 Å². The molecule has 3 aliphatic heterocycles. The molecule has 2 aromatic carbocycles. The number of hydrogen-bond acceptors (Lipinski definition) is 8. The van der Waals surface area contributed by atoms with E-state index in [-0.39, 0.29) is 43.3 Å². The minimum atomic E-state index is -0.682. The van der Waals surface area contributed by atoms with Crippen molar-refractivity contribution in [3.8, 4) is 0 Å². The summed E-state index contributed by atoms with van der Waals surface area (Å²) in [5.74, 6) is -0.128. The second-order valence-corrected chi connectivity index (χ2v) is 10.6. The molecule has 216 valence electrons. The van der Waals surface area contributed by atoms with Gasteiger partial charge in [-0.1, -0.05) is 36.4 Å². The molecule has 10 nitrogen and oxygen atoms in total. The van der Waals surface area contributed by atoms with Gasteiger partial charge in [0.15, 0.2) is 5.76 Å². The number of aliphatic hydroxyl groups excluding tert-OH is 1. The van der Waals surface area contributed by atoms with Crippen LogP contribution in [0.3, 0.4) is 0 Å². The Bertz CT molecular complexity index is 1400. The minimum absolute atomic E-state index is 0.00497. The van der Waals surface area contributed by atoms with Gasteiger partial charge in [-0.2, -0.15) is 0 Å². The molecule has 0 unspecified atom stereocenters. The number of hydrogen-bond donors (Lipinski definition) is 2. The Morgan fingerprint density at radius 3 is 2.63 bits per heavy atom. The predicted octanol–water partition coefficient (Wildman–Crippen LogP) is 3.13. The number of para-hydroxylation sites is 2. The Balaban J connectivity index is 1.19. The Hall–Kier alpha value is -3.86. The summed E-state index contributed by atoms with van der Waals surface area (Å²) in [6.45, 7) is 2.05. The summed E-state index contributed by atoms with van der Waals surface area (Å²) < 4.78 is 23.2. The molecule has 2 atom stereocenters. The van der Waals surface area contributed by atoms with E-state index in [1.807, 2.05) is 60.7 Å². The van der Waals surface area contributed by atoms with Gasteiger partial charge < -0.3 is 38.9 Å². The van der Waals surface area contributed by atoms with Crippen LogP contribution in [0.1, 0.15) is 30.7 Å². The maximum Gasteiger partial charge on any atom is 0.288 e. The fraction of sp³-hybridized carbons (Fsp3) is 0.419. The molecule has 1 aromatic heterocycles. The SMILES string of the molecule is O=C(C1=C[C@@H](c2coc3ccccc23)C[C@@H](OCCOCCO)O1)N1CCC2(CC1)C(=O)NCN2c1ccccc1. The Morgan fingerprint density at radius 1 is 1.05 bits per heavy atom. The Morgan fingerprint density at radius 2 is 1.83 bits per heavy atom. The van der Waals surface area contributed by atoms with Crippen molar-refractivity contribution >= 4 is 28.5 Å². The van der Waals surface area contributed by atoms with Gasteiger partial charge in [-0.05, 0) is 37.1 Å². The fourth-order valence-corrected chi connectivity index (χ4v) is 6.09. The predicted molar refractivity (Wildman–Crippen MR) is 151 cm³/mol. The first-order valence-corrected chi connectivity index (χ1v) is 14.1. The van der Waals surface area contributed by atoms with E-state index in [1.165, 1.54) is 0 Å². The van der Waals surface area contributed by atoms with E-state index in [4.69, 9.17) is 23.7 Å². The normalized spacial score (nSPS) is 22.1. The number of amides is 2. The molecular formula is C31H35N3O7. The molecule has 0 saturated carbocycles. The number of nitrogens with zero attached hydrogens (tertiary/aromatic N) is 2. The molecule has 0 aliphatic carbocycles. The highest BCUT2D eigenvalue weighted by Gasteiger charge is 2.51. The van der Waals surface area contributed by atoms with Crippen LogP contribution in [0.2, 0.25) is 0 Å². The van der Waals surface area contributed by atoms with Crippen LogP contribution in [0.4, 0.5) is 5.69 Å². The van der Waals surface area contributed by atoms with Crippen molar-refractivity contribution in [3.05, 3.63) is 78.3 Å². The highest BCUT2D eigenvalue weighted by molar-refractivity contribution is 5.95. The quantitative estimate of drug-likeness (QED) is 0.383. The van der Waals surface area contributed by atoms with E-state index < -0.39 is 11.8 Å². The van der Waals surface area contributed by atoms with Crippen molar-refractivity contribution in [1.29, 1.82) is 0 Å². The molecule has 2 fully saturated rings. The summed E-state index contributed by atoms with van der Waals surface area (Å²) >= 11 is 0. The number of piperidine rings is 1. The first-order valence-electron chi connectivity index (χ1n) is 14.1. The van der Waals surface area contributed by atoms with Gasteiger partial charge in [-0.3, -0.25) is 9.59 Å². The number of benzene rings is 2. The third-order valence-electron chi connectivity index (χ3n) is 8.23. The highest BCUT2D eigenvalue weighted by Crippen LogP contribution is 2.39. The summed E-state index contributed by atoms with van der Waals surface area (Å²) in [6.07, 6.45) is 4.50. The van der Waals surface area contributed by atoms with Crippen molar-refractivity contribution < 1.29 is 33.3 Å². The zero-order chi connectivity index (χ0) is 28.2. The van der Waals surface area contributed by atoms with E-state index in [0.29, 0.717) is 45.6 Å². The standard InChI is InChI=1S/C31H35N3O7/c35-14-15-38-16-17-39-28-19-22(25-20-40-26-9-5-4-8-24(25)26)18-27(41-28)29(36)33-12-10-31(11-13-33)30(37)32-21-34(31)23-6-2-1-3-7-23/h1-9,18,20,22,28,35H,10-17,19,21H2,(H,32,37)/t22-,28+/m1/s1. The topological polar surface area (TPSA) is 114 Å². The maximum absolute atomic E-state index is 13.8. The van der Waals surface area contributed by atoms with Gasteiger partial charge in [0.2, 0.25) is 12.2 Å². The number of fused-ring (bicyclic) bond motifs is 1. The fourth-order valence-electron chi connectivity index (χ4n) is 6.09. The van der Waals surface area contributed by atoms with Crippen LogP contribution in [-0.2, 0) is 23.8 Å². The molecule has 0 radical (unpaired) electrons. The summed E-state index contributed by atoms with van der Waals surface area (Å²) in [4.78, 5) is 30.8. The van der Waals surface area contributed by atoms with Crippen molar-refractivity contribution in [2.75, 3.05) is 51.1 Å². The molecule has 2 N–H and O–H groups in total. The van der Waals surface area contributed by atoms with Crippen LogP contribution in [-0.4, -0.2) is 79.8 Å². The first kappa shape index (κ1) is 27.3. The number of likely N-dealkylation sites (tertiary alicyclic amines) is 1. The number of aliphatic hydroxyl groups is 1. The molecule has 4 heterocycles. The molecule has 3 aliphatic rings. The third-order valence-corrected chi connectivity index (χ3v) is 8.23. The third kappa shape index (κ3) is 5.42. The number of allylic oxidation sites excluding steroid dienone is 1. The summed E-state index contributed by atoms with van der Waals surface area (Å²) in [5.41, 5.74) is 2.06. The van der Waals surface area contributed by atoms with Crippen LogP contribution < -0.4 is 10.2 Å². The van der Waals surface area contributed by atoms with Gasteiger partial charge in [-0.15, -0.1) is 0 Å². The van der Waals surface area contributed by atoms with Crippen molar-refractivity contribution in [2.45, 2.75) is 37.0 Å². The number of rotatable bonds is 9. The van der Waals surface area contributed by atoms with Gasteiger partial charge in [-0.25, -0.2) is 0 Å². The van der Waals surface area contributed by atoms with Gasteiger partial charge in [0.25, 0.3) is 5.91 Å². The number of nitrogens with one attached hydrogen (secondary N) is 1. The number of ether oxygens (including phenoxy) is 3. The lowest BCUT2D eigenvalue weighted by atomic mass is 9.85. The van der Waals surface area contributed by atoms with Gasteiger partial charge in [0, 0.05) is 42.1 Å². The van der Waals surface area contributed by atoms with Gasteiger partial charge in [0.05, 0.1) is 39.4 Å². The lowest BCUT2D eigenvalue weighted by Gasteiger charge is -2.43. The molecule has 1 spiro atoms. The Labute approximate surface area is 238 Å². The molecule has 3 aromatic rings. The molecule has 2 amide bonds. The van der Waals surface area contributed by atoms with Gasteiger partial charge in [0.1, 0.15) is 11.1 Å². The number of anilines is 1. The monoisotopic (exact) mass is 561 g/mol. The van der Waals surface area contributed by atoms with Crippen LogP contribution in [0.25, 0.3) is 11.0 Å². The zero-order valence-electron chi connectivity index (χ0n) is 22.9. The van der Waals surface area contributed by atoms with Crippen molar-refractivity contribution in [2.24, 2.45) is 0 Å². The van der Waals surface area contributed by atoms with Crippen LogP contribution in [0, 0.1) is 0 Å². The highest BCUT2D eigenvalue weighted by atomic mass is 16.7. The minimum Gasteiger partial charge on any atom is -0.464 e. The Kier molecular flexibility index (Phi) is 7.95. The maximum atomic E-state index is 13.8. The molecule has 10 heteroatoms. The summed E-state index contributed by atoms with van der Waals surface area (Å²) in [7, 11) is 0. The molecule has 2 saturated heterocycles. The van der Waals surface area contributed by atoms with E-state index in [2.05, 4.69) is 10.2 Å². The molecule has 41 heavy (non-hydrogen) atoms. The van der Waals surface area contributed by atoms with Crippen molar-refractivity contribution in [3.63, 3.8) is 0 Å². The zero-order valence-corrected chi connectivity index (χ0v) is 22.9. The largest absolute Gasteiger partial charge is 0.464 e. The van der Waals surface area contributed by atoms with Crippen LogP contribution in [0.15, 0.2) is 77.1 Å². The first-order chi connectivity index (χ1) is 20.1. The van der Waals surface area contributed by atoms with Crippen LogP contribution in [0.5, 0.6) is 0 Å². The number of carbonyl (C=O) groups excluding carboxylic acids is 2. The van der Waals surface area contributed by atoms with E-state index in [1.54, 1.807) is 11.2 Å². The van der Waals surface area contributed by atoms with Crippen LogP contribution >= 0.6 is 0 Å². The van der Waals surface area contributed by atoms with E-state index >= 15 is 0 Å². The summed E-state index contributed by atoms with van der Waals surface area (Å²) in [6, 6.07) is 17.7. The molecular weight excluding hydrogens is 526 g/mol. The molecule has 6 rings (SSSR count). The smallest absolute Gasteiger partial charge is 0.288 e. The average Bonchev–Trinajstić information content (AvgIpc) is 3.58. The lowest BCUT2D eigenvalue weighted by molar-refractivity contribution is -0.157. The second-order valence-electron chi connectivity index (χ2n) is 10.6.